The number of hydrogen-bond acceptors (Lipinski definition) is 3. The molecule has 1 N–H and O–H groups in total. The summed E-state index contributed by atoms with van der Waals surface area (Å²) in [5, 5.41) is 11.7. The van der Waals surface area contributed by atoms with Crippen LogP contribution in [0.15, 0.2) is 24.7 Å². The summed E-state index contributed by atoms with van der Waals surface area (Å²) < 4.78 is 15.8. The molecule has 5 nitrogen and oxygen atoms in total. The van der Waals surface area contributed by atoms with E-state index in [9.17, 15) is 4.39 Å². The molecule has 1 atom stereocenters. The minimum absolute atomic E-state index is 0.298. The molecule has 0 aromatic carbocycles. The predicted molar refractivity (Wildman–Crippen MR) is 72.8 cm³/mol. The van der Waals surface area contributed by atoms with Crippen molar-refractivity contribution in [3.63, 3.8) is 0 Å². The highest BCUT2D eigenvalue weighted by molar-refractivity contribution is 5.38. The average molecular weight is 265 g/mol. The van der Waals surface area contributed by atoms with E-state index < -0.39 is 6.67 Å². The largest absolute Gasteiger partial charge is 0.377 e. The molecule has 0 bridgehead atoms. The van der Waals surface area contributed by atoms with Crippen molar-refractivity contribution in [2.75, 3.05) is 12.0 Å². The number of hydrogen-bond donors (Lipinski definition) is 1. The molecule has 0 spiro atoms. The van der Waals surface area contributed by atoms with Gasteiger partial charge in [-0.05, 0) is 19.4 Å². The number of aromatic nitrogens is 4. The highest BCUT2D eigenvalue weighted by Gasteiger charge is 2.08. The van der Waals surface area contributed by atoms with Gasteiger partial charge in [0.15, 0.2) is 0 Å². The van der Waals surface area contributed by atoms with Crippen molar-refractivity contribution in [2.24, 2.45) is 0 Å². The van der Waals surface area contributed by atoms with E-state index in [-0.39, 0.29) is 0 Å². The number of aryl methyl sites for hydroxylation is 1. The molecule has 6 heteroatoms. The van der Waals surface area contributed by atoms with Gasteiger partial charge in [0.05, 0.1) is 30.7 Å². The van der Waals surface area contributed by atoms with Gasteiger partial charge in [0.2, 0.25) is 0 Å². The lowest BCUT2D eigenvalue weighted by Crippen LogP contribution is -2.12. The van der Waals surface area contributed by atoms with E-state index in [1.807, 2.05) is 23.1 Å². The van der Waals surface area contributed by atoms with Crippen molar-refractivity contribution in [3.05, 3.63) is 30.4 Å². The zero-order valence-electron chi connectivity index (χ0n) is 11.4. The molecule has 0 aliphatic carbocycles. The van der Waals surface area contributed by atoms with Gasteiger partial charge in [-0.2, -0.15) is 10.2 Å². The fourth-order valence-corrected chi connectivity index (χ4v) is 1.91. The van der Waals surface area contributed by atoms with E-state index in [4.69, 9.17) is 0 Å². The van der Waals surface area contributed by atoms with Crippen molar-refractivity contribution < 1.29 is 4.39 Å². The van der Waals surface area contributed by atoms with Gasteiger partial charge in [-0.1, -0.05) is 6.92 Å². The first-order chi connectivity index (χ1) is 9.24. The van der Waals surface area contributed by atoms with Gasteiger partial charge in [-0.3, -0.25) is 9.36 Å². The Balaban J connectivity index is 1.96. The molecule has 2 aromatic heterocycles. The molecule has 2 rings (SSSR count). The summed E-state index contributed by atoms with van der Waals surface area (Å²) in [4.78, 5) is 0. The van der Waals surface area contributed by atoms with Gasteiger partial charge in [-0.15, -0.1) is 0 Å². The lowest BCUT2D eigenvalue weighted by atomic mass is 10.2. The van der Waals surface area contributed by atoms with Crippen molar-refractivity contribution in [3.8, 4) is 0 Å². The highest BCUT2D eigenvalue weighted by atomic mass is 19.1. The van der Waals surface area contributed by atoms with Crippen LogP contribution in [0.5, 0.6) is 0 Å². The van der Waals surface area contributed by atoms with Gasteiger partial charge in [0, 0.05) is 18.4 Å². The second kappa shape index (κ2) is 6.36. The summed E-state index contributed by atoms with van der Waals surface area (Å²) in [6, 6.07) is 2.39. The van der Waals surface area contributed by atoms with Crippen LogP contribution < -0.4 is 5.32 Å². The predicted octanol–water partition coefficient (Wildman–Crippen LogP) is 2.63. The SMILES string of the molecule is CC[C@@H](C)n1nccc1CNc1cnn(CCF)c1. The van der Waals surface area contributed by atoms with Gasteiger partial charge in [0.1, 0.15) is 6.67 Å². The number of nitrogens with one attached hydrogen (secondary N) is 1. The standard InChI is InChI=1S/C13H20FN5/c1-3-11(2)19-13(4-6-16-19)9-15-12-8-17-18(10-12)7-5-14/h4,6,8,10-11,15H,3,5,7,9H2,1-2H3/t11-/m1/s1. The Labute approximate surface area is 112 Å². The third-order valence-electron chi connectivity index (χ3n) is 3.18. The van der Waals surface area contributed by atoms with E-state index in [0.29, 0.717) is 19.1 Å². The zero-order valence-corrected chi connectivity index (χ0v) is 11.4. The van der Waals surface area contributed by atoms with Gasteiger partial charge < -0.3 is 5.32 Å². The molecule has 0 saturated carbocycles. The molecular formula is C13H20FN5. The summed E-state index contributed by atoms with van der Waals surface area (Å²) in [6.07, 6.45) is 6.38. The third kappa shape index (κ3) is 3.33. The average Bonchev–Trinajstić information content (AvgIpc) is 3.04. The molecule has 19 heavy (non-hydrogen) atoms. The Hall–Kier alpha value is -1.85. The lowest BCUT2D eigenvalue weighted by molar-refractivity contribution is 0.427. The molecule has 0 fully saturated rings. The van der Waals surface area contributed by atoms with Crippen LogP contribution >= 0.6 is 0 Å². The first kappa shape index (κ1) is 13.6. The molecular weight excluding hydrogens is 245 g/mol. The maximum absolute atomic E-state index is 12.2. The second-order valence-electron chi connectivity index (χ2n) is 4.56. The number of alkyl halides is 1. The normalized spacial score (nSPS) is 12.6. The second-order valence-corrected chi connectivity index (χ2v) is 4.56. The van der Waals surface area contributed by atoms with E-state index in [2.05, 4.69) is 29.4 Å². The minimum Gasteiger partial charge on any atom is -0.377 e. The quantitative estimate of drug-likeness (QED) is 0.837. The van der Waals surface area contributed by atoms with Crippen molar-refractivity contribution in [2.45, 2.75) is 39.4 Å². The summed E-state index contributed by atoms with van der Waals surface area (Å²) in [5.74, 6) is 0. The number of nitrogens with zero attached hydrogens (tertiary/aromatic N) is 4. The van der Waals surface area contributed by atoms with Crippen molar-refractivity contribution in [1.29, 1.82) is 0 Å². The first-order valence-corrected chi connectivity index (χ1v) is 6.59. The Kier molecular flexibility index (Phi) is 4.54. The monoisotopic (exact) mass is 265 g/mol. The van der Waals surface area contributed by atoms with Crippen LogP contribution in [0.3, 0.4) is 0 Å². The van der Waals surface area contributed by atoms with Crippen LogP contribution in [0, 0.1) is 0 Å². The Morgan fingerprint density at radius 2 is 2.26 bits per heavy atom. The third-order valence-corrected chi connectivity index (χ3v) is 3.18. The maximum atomic E-state index is 12.2. The first-order valence-electron chi connectivity index (χ1n) is 6.59. The molecule has 2 aromatic rings. The van der Waals surface area contributed by atoms with Crippen molar-refractivity contribution >= 4 is 5.69 Å². The summed E-state index contributed by atoms with van der Waals surface area (Å²) in [6.45, 7) is 4.88. The van der Waals surface area contributed by atoms with Crippen LogP contribution in [0.2, 0.25) is 0 Å². The fourth-order valence-electron chi connectivity index (χ4n) is 1.91. The van der Waals surface area contributed by atoms with Crippen LogP contribution in [-0.4, -0.2) is 26.2 Å². The molecule has 104 valence electrons. The van der Waals surface area contributed by atoms with Crippen LogP contribution in [0.4, 0.5) is 10.1 Å². The smallest absolute Gasteiger partial charge is 0.109 e. The van der Waals surface area contributed by atoms with Gasteiger partial charge >= 0.3 is 0 Å². The Bertz CT molecular complexity index is 505. The van der Waals surface area contributed by atoms with Gasteiger partial charge in [0.25, 0.3) is 0 Å². The Morgan fingerprint density at radius 1 is 1.42 bits per heavy atom. The van der Waals surface area contributed by atoms with E-state index >= 15 is 0 Å². The van der Waals surface area contributed by atoms with E-state index in [0.717, 1.165) is 17.8 Å². The number of anilines is 1. The number of rotatable bonds is 7. The maximum Gasteiger partial charge on any atom is 0.109 e. The molecule has 0 aliphatic rings. The minimum atomic E-state index is -0.401. The number of halogens is 1. The van der Waals surface area contributed by atoms with Crippen LogP contribution in [0.1, 0.15) is 32.0 Å². The highest BCUT2D eigenvalue weighted by Crippen LogP contribution is 2.14. The van der Waals surface area contributed by atoms with Crippen LogP contribution in [0.25, 0.3) is 0 Å². The molecule has 0 aliphatic heterocycles. The summed E-state index contributed by atoms with van der Waals surface area (Å²) >= 11 is 0. The molecule has 0 saturated heterocycles. The van der Waals surface area contributed by atoms with Crippen LogP contribution in [-0.2, 0) is 13.1 Å². The Morgan fingerprint density at radius 3 is 3.00 bits per heavy atom. The van der Waals surface area contributed by atoms with Crippen molar-refractivity contribution in [1.82, 2.24) is 19.6 Å². The van der Waals surface area contributed by atoms with E-state index in [1.54, 1.807) is 10.9 Å². The topological polar surface area (TPSA) is 47.7 Å². The summed E-state index contributed by atoms with van der Waals surface area (Å²) in [5.41, 5.74) is 2.03. The molecule has 0 radical (unpaired) electrons. The van der Waals surface area contributed by atoms with E-state index in [1.165, 1.54) is 0 Å². The lowest BCUT2D eigenvalue weighted by Gasteiger charge is -2.14. The van der Waals surface area contributed by atoms with Gasteiger partial charge in [-0.25, -0.2) is 4.39 Å². The summed E-state index contributed by atoms with van der Waals surface area (Å²) in [7, 11) is 0. The fraction of sp³-hybridized carbons (Fsp3) is 0.538. The molecule has 2 heterocycles. The molecule has 0 unspecified atom stereocenters. The molecule has 0 amide bonds. The zero-order chi connectivity index (χ0) is 13.7.